The molecule has 0 radical (unpaired) electrons. The summed E-state index contributed by atoms with van der Waals surface area (Å²) >= 11 is 1.30. The molecule has 2 atom stereocenters. The molecule has 116 valence electrons. The molecule has 5 nitrogen and oxygen atoms in total. The first-order valence-electron chi connectivity index (χ1n) is 7.09. The molecule has 2 heterocycles. The summed E-state index contributed by atoms with van der Waals surface area (Å²) in [7, 11) is 1.67. The zero-order valence-corrected chi connectivity index (χ0v) is 13.7. The second-order valence-electron chi connectivity index (χ2n) is 5.66. The van der Waals surface area contributed by atoms with E-state index in [9.17, 15) is 9.59 Å². The smallest absolute Gasteiger partial charge is 0.252 e. The summed E-state index contributed by atoms with van der Waals surface area (Å²) in [6.07, 6.45) is 0.00210. The maximum atomic E-state index is 12.3. The van der Waals surface area contributed by atoms with Gasteiger partial charge in [0.1, 0.15) is 0 Å². The van der Waals surface area contributed by atoms with Gasteiger partial charge < -0.3 is 10.1 Å². The van der Waals surface area contributed by atoms with Crippen LogP contribution in [0.4, 0.5) is 0 Å². The Morgan fingerprint density at radius 1 is 1.43 bits per heavy atom. The first kappa shape index (κ1) is 16.1. The summed E-state index contributed by atoms with van der Waals surface area (Å²) < 4.78 is 5.48. The maximum Gasteiger partial charge on any atom is 0.252 e. The normalized spacial score (nSPS) is 22.7. The van der Waals surface area contributed by atoms with Gasteiger partial charge >= 0.3 is 0 Å². The van der Waals surface area contributed by atoms with Crippen molar-refractivity contribution in [1.29, 1.82) is 0 Å². The van der Waals surface area contributed by atoms with E-state index in [4.69, 9.17) is 4.74 Å². The van der Waals surface area contributed by atoms with E-state index in [2.05, 4.69) is 24.1 Å². The molecule has 1 aromatic rings. The van der Waals surface area contributed by atoms with Gasteiger partial charge in [0, 0.05) is 31.6 Å². The summed E-state index contributed by atoms with van der Waals surface area (Å²) in [6, 6.07) is 2.06. The fourth-order valence-corrected chi connectivity index (χ4v) is 3.28. The van der Waals surface area contributed by atoms with E-state index in [-0.39, 0.29) is 23.8 Å². The topological polar surface area (TPSA) is 58.6 Å². The van der Waals surface area contributed by atoms with Crippen LogP contribution in [0.2, 0.25) is 0 Å². The number of hydrogen-bond acceptors (Lipinski definition) is 5. The van der Waals surface area contributed by atoms with E-state index in [1.807, 2.05) is 0 Å². The molecule has 0 spiro atoms. The highest BCUT2D eigenvalue weighted by atomic mass is 32.1. The third-order valence-corrected chi connectivity index (χ3v) is 4.88. The Kier molecular flexibility index (Phi) is 5.13. The van der Waals surface area contributed by atoms with E-state index in [0.29, 0.717) is 16.5 Å². The molecule has 0 unspecified atom stereocenters. The van der Waals surface area contributed by atoms with E-state index in [0.717, 1.165) is 13.1 Å². The lowest BCUT2D eigenvalue weighted by Gasteiger charge is -2.19. The number of methoxy groups -OCH3 is 1. The largest absolute Gasteiger partial charge is 0.378 e. The number of hydrogen-bond donors (Lipinski definition) is 1. The number of carbonyl (C=O) groups is 2. The van der Waals surface area contributed by atoms with Crippen molar-refractivity contribution in [2.45, 2.75) is 39.0 Å². The second kappa shape index (κ2) is 6.68. The molecule has 21 heavy (non-hydrogen) atoms. The minimum Gasteiger partial charge on any atom is -0.378 e. The molecule has 1 aromatic heterocycles. The molecule has 1 fully saturated rings. The standard InChI is InChI=1S/C15H22N2O3S/c1-9(2)17-6-12(13(7-17)20-4)16-15(19)11-5-14(10(3)18)21-8-11/h5,8-9,12-13H,6-7H2,1-4H3,(H,16,19)/t12-,13-/m0/s1. The number of carbonyl (C=O) groups excluding carboxylic acids is 2. The van der Waals surface area contributed by atoms with Crippen molar-refractivity contribution in [2.75, 3.05) is 20.2 Å². The summed E-state index contributed by atoms with van der Waals surface area (Å²) in [5, 5.41) is 4.75. The number of thiophene rings is 1. The minimum absolute atomic E-state index is 0.00210. The summed E-state index contributed by atoms with van der Waals surface area (Å²) in [6.45, 7) is 7.38. The van der Waals surface area contributed by atoms with Crippen molar-refractivity contribution in [3.05, 3.63) is 21.9 Å². The number of rotatable bonds is 5. The number of nitrogens with one attached hydrogen (secondary N) is 1. The Bertz CT molecular complexity index is 527. The molecule has 1 aliphatic rings. The van der Waals surface area contributed by atoms with Crippen LogP contribution in [-0.2, 0) is 4.74 Å². The van der Waals surface area contributed by atoms with Crippen molar-refractivity contribution < 1.29 is 14.3 Å². The first-order valence-corrected chi connectivity index (χ1v) is 7.97. The van der Waals surface area contributed by atoms with E-state index < -0.39 is 0 Å². The average Bonchev–Trinajstić information content (AvgIpc) is 3.05. The molecule has 1 N–H and O–H groups in total. The number of ether oxygens (including phenoxy) is 1. The lowest BCUT2D eigenvalue weighted by Crippen LogP contribution is -2.43. The number of likely N-dealkylation sites (tertiary alicyclic amines) is 1. The molecule has 0 bridgehead atoms. The van der Waals surface area contributed by atoms with Crippen LogP contribution < -0.4 is 5.32 Å². The molecule has 0 aliphatic carbocycles. The number of ketones is 1. The third kappa shape index (κ3) is 3.70. The van der Waals surface area contributed by atoms with E-state index in [1.165, 1.54) is 18.3 Å². The molecular weight excluding hydrogens is 288 g/mol. The van der Waals surface area contributed by atoms with Crippen LogP contribution >= 0.6 is 11.3 Å². The molecular formula is C15H22N2O3S. The number of amides is 1. The van der Waals surface area contributed by atoms with Crippen LogP contribution in [0, 0.1) is 0 Å². The molecule has 6 heteroatoms. The maximum absolute atomic E-state index is 12.3. The van der Waals surface area contributed by atoms with Gasteiger partial charge in [-0.2, -0.15) is 0 Å². The highest BCUT2D eigenvalue weighted by molar-refractivity contribution is 7.12. The highest BCUT2D eigenvalue weighted by Gasteiger charge is 2.35. The molecule has 2 rings (SSSR count). The van der Waals surface area contributed by atoms with Crippen LogP contribution in [0.3, 0.4) is 0 Å². The Morgan fingerprint density at radius 3 is 2.67 bits per heavy atom. The van der Waals surface area contributed by atoms with E-state index in [1.54, 1.807) is 18.6 Å². The quantitative estimate of drug-likeness (QED) is 0.842. The van der Waals surface area contributed by atoms with Crippen molar-refractivity contribution in [1.82, 2.24) is 10.2 Å². The summed E-state index contributed by atoms with van der Waals surface area (Å²) in [5.74, 6) is -0.155. The molecule has 1 amide bonds. The second-order valence-corrected chi connectivity index (χ2v) is 6.57. The Balaban J connectivity index is 2.02. The lowest BCUT2D eigenvalue weighted by molar-refractivity contribution is 0.0753. The van der Waals surface area contributed by atoms with Gasteiger partial charge in [-0.05, 0) is 26.8 Å². The number of nitrogens with zero attached hydrogens (tertiary/aromatic N) is 1. The van der Waals surface area contributed by atoms with Gasteiger partial charge in [-0.1, -0.05) is 0 Å². The van der Waals surface area contributed by atoms with Gasteiger partial charge in [-0.25, -0.2) is 0 Å². The van der Waals surface area contributed by atoms with Crippen molar-refractivity contribution >= 4 is 23.0 Å². The Labute approximate surface area is 129 Å². The van der Waals surface area contributed by atoms with Crippen LogP contribution in [-0.4, -0.2) is 55.0 Å². The zero-order chi connectivity index (χ0) is 15.6. The monoisotopic (exact) mass is 310 g/mol. The zero-order valence-electron chi connectivity index (χ0n) is 12.9. The van der Waals surface area contributed by atoms with Gasteiger partial charge in [0.2, 0.25) is 0 Å². The van der Waals surface area contributed by atoms with E-state index >= 15 is 0 Å². The van der Waals surface area contributed by atoms with Crippen molar-refractivity contribution in [3.8, 4) is 0 Å². The Hall–Kier alpha value is -1.24. The Morgan fingerprint density at radius 2 is 2.14 bits per heavy atom. The summed E-state index contributed by atoms with van der Waals surface area (Å²) in [4.78, 5) is 26.5. The van der Waals surface area contributed by atoms with Crippen LogP contribution in [0.5, 0.6) is 0 Å². The van der Waals surface area contributed by atoms with Gasteiger partial charge in [0.05, 0.1) is 22.6 Å². The predicted octanol–water partition coefficient (Wildman–Crippen LogP) is 1.79. The third-order valence-electron chi connectivity index (χ3n) is 3.85. The minimum atomic E-state index is -0.142. The van der Waals surface area contributed by atoms with Gasteiger partial charge in [0.15, 0.2) is 5.78 Å². The van der Waals surface area contributed by atoms with Gasteiger partial charge in [0.25, 0.3) is 5.91 Å². The molecule has 1 saturated heterocycles. The van der Waals surface area contributed by atoms with Crippen LogP contribution in [0.15, 0.2) is 11.4 Å². The predicted molar refractivity (Wildman–Crippen MR) is 83.1 cm³/mol. The average molecular weight is 310 g/mol. The van der Waals surface area contributed by atoms with Gasteiger partial charge in [-0.15, -0.1) is 11.3 Å². The fourth-order valence-electron chi connectivity index (χ4n) is 2.49. The van der Waals surface area contributed by atoms with Crippen molar-refractivity contribution in [2.24, 2.45) is 0 Å². The first-order chi connectivity index (χ1) is 9.92. The SMILES string of the molecule is CO[C@H]1CN(C(C)C)C[C@@H]1NC(=O)c1csc(C(C)=O)c1. The van der Waals surface area contributed by atoms with Crippen LogP contribution in [0.1, 0.15) is 40.8 Å². The number of Topliss-reactive ketones (excluding diaryl/α,β-unsaturated/α-hetero) is 1. The fraction of sp³-hybridized carbons (Fsp3) is 0.600. The van der Waals surface area contributed by atoms with Crippen molar-refractivity contribution in [3.63, 3.8) is 0 Å². The molecule has 0 saturated carbocycles. The highest BCUT2D eigenvalue weighted by Crippen LogP contribution is 2.18. The van der Waals surface area contributed by atoms with Crippen LogP contribution in [0.25, 0.3) is 0 Å². The lowest BCUT2D eigenvalue weighted by atomic mass is 10.2. The molecule has 0 aromatic carbocycles. The van der Waals surface area contributed by atoms with Gasteiger partial charge in [-0.3, -0.25) is 14.5 Å². The molecule has 1 aliphatic heterocycles. The summed E-state index contributed by atoms with van der Waals surface area (Å²) in [5.41, 5.74) is 0.544.